The molecular formula is C12H17NO2. The molecule has 3 heteroatoms. The molecule has 1 saturated carbocycles. The van der Waals surface area contributed by atoms with Crippen molar-refractivity contribution >= 4 is 5.69 Å². The molecular weight excluding hydrogens is 190 g/mol. The van der Waals surface area contributed by atoms with Crippen LogP contribution in [0, 0.1) is 0 Å². The van der Waals surface area contributed by atoms with Crippen molar-refractivity contribution in [2.24, 2.45) is 0 Å². The highest BCUT2D eigenvalue weighted by Gasteiger charge is 2.25. The molecule has 0 unspecified atom stereocenters. The molecule has 15 heavy (non-hydrogen) atoms. The normalized spacial score (nSPS) is 25.5. The van der Waals surface area contributed by atoms with Gasteiger partial charge in [0.25, 0.3) is 0 Å². The molecule has 1 fully saturated rings. The largest absolute Gasteiger partial charge is 0.392 e. The molecule has 0 bridgehead atoms. The van der Waals surface area contributed by atoms with Gasteiger partial charge in [-0.25, -0.2) is 0 Å². The molecule has 0 radical (unpaired) electrons. The standard InChI is InChI=1S/C12H17NO2/c14-8-9-4-1-2-5-10(9)13-11-6-3-7-12(11)15/h1-2,4-5,11-15H,3,6-8H2/t11-,12-/m1/s1. The van der Waals surface area contributed by atoms with Crippen molar-refractivity contribution in [1.29, 1.82) is 0 Å². The Morgan fingerprint density at radius 2 is 2.07 bits per heavy atom. The second kappa shape index (κ2) is 4.64. The molecule has 3 N–H and O–H groups in total. The number of aliphatic hydroxyl groups is 2. The summed E-state index contributed by atoms with van der Waals surface area (Å²) in [5.74, 6) is 0. The van der Waals surface area contributed by atoms with Crippen molar-refractivity contribution in [3.63, 3.8) is 0 Å². The number of aliphatic hydroxyl groups excluding tert-OH is 2. The van der Waals surface area contributed by atoms with Gasteiger partial charge in [-0.3, -0.25) is 0 Å². The van der Waals surface area contributed by atoms with Gasteiger partial charge in [0.1, 0.15) is 0 Å². The number of hydrogen-bond donors (Lipinski definition) is 3. The highest BCUT2D eigenvalue weighted by molar-refractivity contribution is 5.51. The van der Waals surface area contributed by atoms with E-state index in [9.17, 15) is 5.11 Å². The van der Waals surface area contributed by atoms with Crippen LogP contribution in [-0.4, -0.2) is 22.4 Å². The van der Waals surface area contributed by atoms with E-state index in [1.54, 1.807) is 0 Å². The molecule has 0 spiro atoms. The van der Waals surface area contributed by atoms with Gasteiger partial charge < -0.3 is 15.5 Å². The monoisotopic (exact) mass is 207 g/mol. The van der Waals surface area contributed by atoms with E-state index in [-0.39, 0.29) is 18.8 Å². The molecule has 1 aliphatic carbocycles. The second-order valence-electron chi connectivity index (χ2n) is 4.06. The molecule has 1 aromatic rings. The maximum Gasteiger partial charge on any atom is 0.0741 e. The van der Waals surface area contributed by atoms with Crippen LogP contribution in [0.2, 0.25) is 0 Å². The third-order valence-corrected chi connectivity index (χ3v) is 3.01. The average molecular weight is 207 g/mol. The maximum absolute atomic E-state index is 9.69. The molecule has 82 valence electrons. The predicted molar refractivity (Wildman–Crippen MR) is 59.6 cm³/mol. The van der Waals surface area contributed by atoms with Crippen LogP contribution in [0.1, 0.15) is 24.8 Å². The van der Waals surface area contributed by atoms with Crippen molar-refractivity contribution in [3.05, 3.63) is 29.8 Å². The van der Waals surface area contributed by atoms with Crippen molar-refractivity contribution in [2.75, 3.05) is 5.32 Å². The Morgan fingerprint density at radius 3 is 2.73 bits per heavy atom. The molecule has 1 aliphatic rings. The SMILES string of the molecule is OCc1ccccc1N[C@@H]1CCC[C@H]1O. The third-order valence-electron chi connectivity index (χ3n) is 3.01. The number of nitrogens with one attached hydrogen (secondary N) is 1. The van der Waals surface area contributed by atoms with E-state index < -0.39 is 0 Å². The van der Waals surface area contributed by atoms with Gasteiger partial charge in [0, 0.05) is 11.3 Å². The Hall–Kier alpha value is -1.06. The van der Waals surface area contributed by atoms with Gasteiger partial charge in [-0.2, -0.15) is 0 Å². The van der Waals surface area contributed by atoms with Crippen LogP contribution in [0.3, 0.4) is 0 Å². The summed E-state index contributed by atoms with van der Waals surface area (Å²) in [7, 11) is 0. The van der Waals surface area contributed by atoms with E-state index in [0.29, 0.717) is 0 Å². The van der Waals surface area contributed by atoms with Gasteiger partial charge in [-0.05, 0) is 25.3 Å². The fourth-order valence-corrected chi connectivity index (χ4v) is 2.11. The summed E-state index contributed by atoms with van der Waals surface area (Å²) in [5.41, 5.74) is 1.82. The van der Waals surface area contributed by atoms with Crippen molar-refractivity contribution in [3.8, 4) is 0 Å². The first-order valence-electron chi connectivity index (χ1n) is 5.44. The number of para-hydroxylation sites is 1. The lowest BCUT2D eigenvalue weighted by atomic mass is 10.1. The summed E-state index contributed by atoms with van der Waals surface area (Å²) in [5, 5.41) is 22.1. The van der Waals surface area contributed by atoms with Crippen LogP contribution in [0.15, 0.2) is 24.3 Å². The lowest BCUT2D eigenvalue weighted by Crippen LogP contribution is -2.28. The third kappa shape index (κ3) is 2.30. The van der Waals surface area contributed by atoms with Gasteiger partial charge >= 0.3 is 0 Å². The second-order valence-corrected chi connectivity index (χ2v) is 4.06. The van der Waals surface area contributed by atoms with Gasteiger partial charge in [-0.1, -0.05) is 18.2 Å². The van der Waals surface area contributed by atoms with E-state index in [4.69, 9.17) is 5.11 Å². The zero-order valence-corrected chi connectivity index (χ0v) is 8.69. The van der Waals surface area contributed by atoms with Gasteiger partial charge in [0.05, 0.1) is 18.8 Å². The molecule has 0 aliphatic heterocycles. The Balaban J connectivity index is 2.09. The van der Waals surface area contributed by atoms with Gasteiger partial charge in [-0.15, -0.1) is 0 Å². The molecule has 0 heterocycles. The van der Waals surface area contributed by atoms with Crippen LogP contribution < -0.4 is 5.32 Å². The summed E-state index contributed by atoms with van der Waals surface area (Å²) >= 11 is 0. The molecule has 0 saturated heterocycles. The minimum atomic E-state index is -0.253. The average Bonchev–Trinajstić information content (AvgIpc) is 2.65. The van der Waals surface area contributed by atoms with Crippen molar-refractivity contribution in [2.45, 2.75) is 38.0 Å². The first-order chi connectivity index (χ1) is 7.31. The molecule has 3 nitrogen and oxygen atoms in total. The summed E-state index contributed by atoms with van der Waals surface area (Å²) < 4.78 is 0. The molecule has 1 aromatic carbocycles. The van der Waals surface area contributed by atoms with E-state index in [1.165, 1.54) is 0 Å². The van der Waals surface area contributed by atoms with Crippen LogP contribution in [0.4, 0.5) is 5.69 Å². The molecule has 0 aromatic heterocycles. The highest BCUT2D eigenvalue weighted by Crippen LogP contribution is 2.24. The fourth-order valence-electron chi connectivity index (χ4n) is 2.11. The topological polar surface area (TPSA) is 52.5 Å². The smallest absolute Gasteiger partial charge is 0.0741 e. The summed E-state index contributed by atoms with van der Waals surface area (Å²) in [6.07, 6.45) is 2.69. The van der Waals surface area contributed by atoms with E-state index in [0.717, 1.165) is 30.5 Å². The summed E-state index contributed by atoms with van der Waals surface area (Å²) in [4.78, 5) is 0. The lowest BCUT2D eigenvalue weighted by Gasteiger charge is -2.19. The highest BCUT2D eigenvalue weighted by atomic mass is 16.3. The minimum absolute atomic E-state index is 0.0337. The Morgan fingerprint density at radius 1 is 1.27 bits per heavy atom. The number of benzene rings is 1. The number of anilines is 1. The zero-order valence-electron chi connectivity index (χ0n) is 8.69. The van der Waals surface area contributed by atoms with Crippen molar-refractivity contribution < 1.29 is 10.2 Å². The number of hydrogen-bond acceptors (Lipinski definition) is 3. The fraction of sp³-hybridized carbons (Fsp3) is 0.500. The zero-order chi connectivity index (χ0) is 10.7. The van der Waals surface area contributed by atoms with E-state index in [1.807, 2.05) is 24.3 Å². The Kier molecular flexibility index (Phi) is 3.23. The van der Waals surface area contributed by atoms with Gasteiger partial charge in [0.15, 0.2) is 0 Å². The summed E-state index contributed by atoms with van der Waals surface area (Å²) in [6.45, 7) is 0.0337. The van der Waals surface area contributed by atoms with Crippen LogP contribution in [0.5, 0.6) is 0 Å². The molecule has 2 rings (SSSR count). The van der Waals surface area contributed by atoms with E-state index in [2.05, 4.69) is 5.32 Å². The van der Waals surface area contributed by atoms with Crippen LogP contribution in [-0.2, 0) is 6.61 Å². The van der Waals surface area contributed by atoms with E-state index >= 15 is 0 Å². The summed E-state index contributed by atoms with van der Waals surface area (Å²) in [6, 6.07) is 7.81. The minimum Gasteiger partial charge on any atom is -0.392 e. The number of rotatable bonds is 3. The van der Waals surface area contributed by atoms with Crippen LogP contribution in [0.25, 0.3) is 0 Å². The van der Waals surface area contributed by atoms with Gasteiger partial charge in [0.2, 0.25) is 0 Å². The first-order valence-corrected chi connectivity index (χ1v) is 5.44. The first kappa shape index (κ1) is 10.5. The quantitative estimate of drug-likeness (QED) is 0.704. The predicted octanol–water partition coefficient (Wildman–Crippen LogP) is 1.50. The Bertz CT molecular complexity index is 327. The van der Waals surface area contributed by atoms with Crippen molar-refractivity contribution in [1.82, 2.24) is 0 Å². The van der Waals surface area contributed by atoms with Crippen LogP contribution >= 0.6 is 0 Å². The lowest BCUT2D eigenvalue weighted by molar-refractivity contribution is 0.171. The maximum atomic E-state index is 9.69. The Labute approximate surface area is 89.8 Å². The molecule has 0 amide bonds. The molecule has 2 atom stereocenters.